The van der Waals surface area contributed by atoms with Crippen molar-refractivity contribution in [1.29, 1.82) is 0 Å². The van der Waals surface area contributed by atoms with Crippen LogP contribution in [0.3, 0.4) is 0 Å². The Morgan fingerprint density at radius 1 is 1.29 bits per heavy atom. The van der Waals surface area contributed by atoms with Gasteiger partial charge in [0.2, 0.25) is 5.91 Å². The van der Waals surface area contributed by atoms with Crippen LogP contribution >= 0.6 is 11.3 Å². The topological polar surface area (TPSA) is 77.8 Å². The van der Waals surface area contributed by atoms with Crippen LogP contribution in [0.2, 0.25) is 0 Å². The Bertz CT molecular complexity index is 1020. The number of carboxylic acids is 1. The zero-order valence-corrected chi connectivity index (χ0v) is 17.3. The lowest BCUT2D eigenvalue weighted by atomic mass is 9.98. The maximum Gasteiger partial charge on any atom is 0.345 e. The molecule has 0 radical (unpaired) electrons. The number of thiophene rings is 1. The first-order chi connectivity index (χ1) is 14.8. The molecule has 3 rings (SSSR count). The second-order valence-corrected chi connectivity index (χ2v) is 8.15. The van der Waals surface area contributed by atoms with Crippen molar-refractivity contribution < 1.29 is 28.6 Å². The maximum absolute atomic E-state index is 14.5. The fraction of sp³-hybridized carbons (Fsp3) is 0.304. The number of piperidine rings is 1. The lowest BCUT2D eigenvalue weighted by molar-refractivity contribution is -0.134. The van der Waals surface area contributed by atoms with Crippen LogP contribution in [0.15, 0.2) is 54.6 Å². The summed E-state index contributed by atoms with van der Waals surface area (Å²) < 4.78 is 29.0. The largest absolute Gasteiger partial charge is 0.477 e. The highest BCUT2D eigenvalue weighted by Crippen LogP contribution is 2.32. The second kappa shape index (κ2) is 9.86. The van der Waals surface area contributed by atoms with E-state index in [9.17, 15) is 23.5 Å². The Morgan fingerprint density at radius 3 is 2.71 bits per heavy atom. The Morgan fingerprint density at radius 2 is 2.03 bits per heavy atom. The SMILES string of the molecule is O=C(O)c1ccc(C#CCN2C(=O)CCCC2C=CC(O)C(F)(F)c2ccccc2)s1. The molecule has 0 spiro atoms. The van der Waals surface area contributed by atoms with Crippen molar-refractivity contribution >= 4 is 23.2 Å². The van der Waals surface area contributed by atoms with E-state index in [0.29, 0.717) is 24.1 Å². The molecule has 2 N–H and O–H groups in total. The normalized spacial score (nSPS) is 18.0. The summed E-state index contributed by atoms with van der Waals surface area (Å²) in [6.07, 6.45) is 1.99. The molecule has 0 bridgehead atoms. The highest BCUT2D eigenvalue weighted by Gasteiger charge is 2.39. The number of likely N-dealkylation sites (tertiary alicyclic amines) is 1. The molecule has 1 amide bonds. The molecule has 2 aromatic rings. The highest BCUT2D eigenvalue weighted by molar-refractivity contribution is 7.14. The minimum Gasteiger partial charge on any atom is -0.477 e. The van der Waals surface area contributed by atoms with Gasteiger partial charge in [0.1, 0.15) is 11.0 Å². The van der Waals surface area contributed by atoms with Crippen molar-refractivity contribution in [3.8, 4) is 11.8 Å². The Kier molecular flexibility index (Phi) is 7.21. The van der Waals surface area contributed by atoms with Crippen molar-refractivity contribution in [2.24, 2.45) is 0 Å². The van der Waals surface area contributed by atoms with Gasteiger partial charge in [0, 0.05) is 12.0 Å². The fourth-order valence-corrected chi connectivity index (χ4v) is 3.99. The van der Waals surface area contributed by atoms with E-state index >= 15 is 0 Å². The quantitative estimate of drug-likeness (QED) is 0.523. The predicted molar refractivity (Wildman–Crippen MR) is 113 cm³/mol. The standard InChI is InChI=1S/C23H21F2NO4S/c24-23(25,16-6-2-1-3-7-16)20(27)14-11-17-8-4-10-21(28)26(17)15-5-9-18-12-13-19(31-18)22(29)30/h1-3,6-7,11-14,17,20,27H,4,8,10,15H2,(H,29,30). The van der Waals surface area contributed by atoms with Crippen LogP contribution in [-0.2, 0) is 10.7 Å². The lowest BCUT2D eigenvalue weighted by Crippen LogP contribution is -2.43. The zero-order valence-electron chi connectivity index (χ0n) is 16.5. The van der Waals surface area contributed by atoms with Gasteiger partial charge in [-0.3, -0.25) is 4.79 Å². The Hall–Kier alpha value is -3.02. The second-order valence-electron chi connectivity index (χ2n) is 7.07. The minimum atomic E-state index is -3.46. The third kappa shape index (κ3) is 5.57. The average Bonchev–Trinajstić information content (AvgIpc) is 3.23. The number of hydrogen-bond donors (Lipinski definition) is 2. The van der Waals surface area contributed by atoms with E-state index < -0.39 is 24.0 Å². The van der Waals surface area contributed by atoms with Gasteiger partial charge in [-0.05, 0) is 25.0 Å². The monoisotopic (exact) mass is 445 g/mol. The van der Waals surface area contributed by atoms with Crippen LogP contribution in [0.4, 0.5) is 8.78 Å². The molecule has 1 saturated heterocycles. The number of nitrogens with zero attached hydrogens (tertiary/aromatic N) is 1. The number of carbonyl (C=O) groups excluding carboxylic acids is 1. The van der Waals surface area contributed by atoms with E-state index in [1.54, 1.807) is 12.1 Å². The van der Waals surface area contributed by atoms with Crippen LogP contribution in [-0.4, -0.2) is 45.7 Å². The number of carboxylic acid groups (broad SMARTS) is 1. The number of aromatic carboxylic acids is 1. The summed E-state index contributed by atoms with van der Waals surface area (Å²) in [6.45, 7) is 0.0827. The van der Waals surface area contributed by atoms with Gasteiger partial charge in [-0.1, -0.05) is 54.3 Å². The number of carbonyl (C=O) groups is 2. The fourth-order valence-electron chi connectivity index (χ4n) is 3.27. The van der Waals surface area contributed by atoms with Gasteiger partial charge in [0.25, 0.3) is 0 Å². The molecular weight excluding hydrogens is 424 g/mol. The van der Waals surface area contributed by atoms with E-state index in [-0.39, 0.29) is 22.9 Å². The van der Waals surface area contributed by atoms with Crippen LogP contribution in [0.25, 0.3) is 0 Å². The Labute approximate surface area is 182 Å². The van der Waals surface area contributed by atoms with E-state index in [1.807, 2.05) is 0 Å². The van der Waals surface area contributed by atoms with Crippen molar-refractivity contribution in [3.63, 3.8) is 0 Å². The highest BCUT2D eigenvalue weighted by atomic mass is 32.1. The van der Waals surface area contributed by atoms with Crippen LogP contribution in [0, 0.1) is 11.8 Å². The molecule has 1 aliphatic heterocycles. The van der Waals surface area contributed by atoms with Gasteiger partial charge in [0.05, 0.1) is 17.5 Å². The molecule has 0 aliphatic carbocycles. The molecule has 8 heteroatoms. The number of alkyl halides is 2. The molecule has 1 aromatic heterocycles. The molecule has 2 unspecified atom stereocenters. The maximum atomic E-state index is 14.5. The number of hydrogen-bond acceptors (Lipinski definition) is 4. The van der Waals surface area contributed by atoms with Crippen molar-refractivity contribution in [1.82, 2.24) is 4.90 Å². The summed E-state index contributed by atoms with van der Waals surface area (Å²) in [5.41, 5.74) is -0.286. The first-order valence-electron chi connectivity index (χ1n) is 9.70. The zero-order chi connectivity index (χ0) is 22.4. The van der Waals surface area contributed by atoms with Crippen LogP contribution in [0.5, 0.6) is 0 Å². The molecule has 0 saturated carbocycles. The molecular formula is C23H21F2NO4S. The van der Waals surface area contributed by atoms with Crippen molar-refractivity contribution in [3.05, 3.63) is 69.9 Å². The third-order valence-electron chi connectivity index (χ3n) is 4.93. The van der Waals surface area contributed by atoms with E-state index in [4.69, 9.17) is 5.11 Å². The van der Waals surface area contributed by atoms with E-state index in [2.05, 4.69) is 11.8 Å². The van der Waals surface area contributed by atoms with Crippen LogP contribution < -0.4 is 0 Å². The number of aliphatic hydroxyl groups is 1. The first-order valence-corrected chi connectivity index (χ1v) is 10.5. The summed E-state index contributed by atoms with van der Waals surface area (Å²) in [6, 6.07) is 9.69. The van der Waals surface area contributed by atoms with Gasteiger partial charge in [0.15, 0.2) is 0 Å². The van der Waals surface area contributed by atoms with E-state index in [1.165, 1.54) is 41.3 Å². The summed E-state index contributed by atoms with van der Waals surface area (Å²) in [5.74, 6) is 1.07. The summed E-state index contributed by atoms with van der Waals surface area (Å²) in [5, 5.41) is 19.0. The predicted octanol–water partition coefficient (Wildman–Crippen LogP) is 3.89. The van der Waals surface area contributed by atoms with Gasteiger partial charge in [-0.15, -0.1) is 11.3 Å². The minimum absolute atomic E-state index is 0.0827. The van der Waals surface area contributed by atoms with E-state index in [0.717, 1.165) is 17.4 Å². The number of aliphatic hydroxyl groups excluding tert-OH is 1. The molecule has 5 nitrogen and oxygen atoms in total. The van der Waals surface area contributed by atoms with Crippen molar-refractivity contribution in [2.75, 3.05) is 6.54 Å². The number of benzene rings is 1. The number of amides is 1. The molecule has 162 valence electrons. The molecule has 2 heterocycles. The first kappa shape index (κ1) is 22.7. The Balaban J connectivity index is 1.69. The summed E-state index contributed by atoms with van der Waals surface area (Å²) >= 11 is 1.04. The average molecular weight is 445 g/mol. The third-order valence-corrected chi connectivity index (χ3v) is 5.92. The summed E-state index contributed by atoms with van der Waals surface area (Å²) in [7, 11) is 0. The summed E-state index contributed by atoms with van der Waals surface area (Å²) in [4.78, 5) is 25.5. The van der Waals surface area contributed by atoms with Crippen molar-refractivity contribution in [2.45, 2.75) is 37.3 Å². The molecule has 2 atom stereocenters. The molecule has 31 heavy (non-hydrogen) atoms. The number of rotatable bonds is 6. The van der Waals surface area contributed by atoms with Gasteiger partial charge in [-0.2, -0.15) is 8.78 Å². The molecule has 1 aliphatic rings. The molecule has 1 fully saturated rings. The smallest absolute Gasteiger partial charge is 0.345 e. The lowest BCUT2D eigenvalue weighted by Gasteiger charge is -2.32. The number of halogens is 2. The van der Waals surface area contributed by atoms with Gasteiger partial charge in [-0.25, -0.2) is 4.79 Å². The van der Waals surface area contributed by atoms with Gasteiger partial charge < -0.3 is 15.1 Å². The molecule has 1 aromatic carbocycles. The van der Waals surface area contributed by atoms with Crippen LogP contribution in [0.1, 0.15) is 39.4 Å². The van der Waals surface area contributed by atoms with Gasteiger partial charge >= 0.3 is 11.9 Å².